The molecule has 0 spiro atoms. The summed E-state index contributed by atoms with van der Waals surface area (Å²) in [7, 11) is 0. The molecule has 0 saturated heterocycles. The zero-order valence-electron chi connectivity index (χ0n) is 53.1. The molecular formula is C64H88N12O15S2. The molecule has 11 atom stereocenters. The molecule has 18 N–H and O–H groups in total. The maximum atomic E-state index is 14.7. The molecular weight excluding hydrogens is 1240 g/mol. The van der Waals surface area contributed by atoms with Crippen molar-refractivity contribution in [3.05, 3.63) is 118 Å². The number of carboxylic acids is 1. The molecule has 0 bridgehead atoms. The lowest BCUT2D eigenvalue weighted by Gasteiger charge is -2.29. The van der Waals surface area contributed by atoms with E-state index in [0.717, 1.165) is 10.4 Å². The van der Waals surface area contributed by atoms with E-state index in [-0.39, 0.29) is 61.7 Å². The number of nitrogens with one attached hydrogen (secondary N) is 9. The molecule has 0 radical (unpaired) electrons. The van der Waals surface area contributed by atoms with E-state index in [2.05, 4.69) is 47.9 Å². The Morgan fingerprint density at radius 3 is 1.41 bits per heavy atom. The van der Waals surface area contributed by atoms with Gasteiger partial charge in [0, 0.05) is 24.1 Å². The van der Waals surface area contributed by atoms with Crippen LogP contribution in [0.2, 0.25) is 0 Å². The highest BCUT2D eigenvalue weighted by Gasteiger charge is 2.38. The number of phenols is 2. The Hall–Kier alpha value is -9.09. The highest BCUT2D eigenvalue weighted by atomic mass is 32.2. The Morgan fingerprint density at radius 2 is 0.925 bits per heavy atom. The topological polar surface area (TPSA) is 452 Å². The molecule has 3 aromatic carbocycles. The van der Waals surface area contributed by atoms with E-state index in [4.69, 9.17) is 17.2 Å². The number of thioether (sulfide) groups is 1. The van der Waals surface area contributed by atoms with Gasteiger partial charge in [0.2, 0.25) is 65.0 Å². The van der Waals surface area contributed by atoms with Crippen molar-refractivity contribution in [2.75, 3.05) is 12.0 Å². The first-order chi connectivity index (χ1) is 44.0. The molecule has 0 aliphatic rings. The van der Waals surface area contributed by atoms with Gasteiger partial charge in [-0.15, -0.1) is 11.3 Å². The molecule has 1 heterocycles. The number of benzene rings is 3. The normalized spacial score (nSPS) is 14.7. The summed E-state index contributed by atoms with van der Waals surface area (Å²) >= 11 is 2.66. The average molecular weight is 1330 g/mol. The fraction of sp³-hybridized carbons (Fsp3) is 0.469. The van der Waals surface area contributed by atoms with Gasteiger partial charge in [-0.3, -0.25) is 57.5 Å². The monoisotopic (exact) mass is 1330 g/mol. The van der Waals surface area contributed by atoms with Crippen molar-refractivity contribution in [2.24, 2.45) is 35.0 Å². The fourth-order valence-corrected chi connectivity index (χ4v) is 10.8. The van der Waals surface area contributed by atoms with E-state index in [9.17, 15) is 72.9 Å². The van der Waals surface area contributed by atoms with E-state index < -0.39 is 156 Å². The number of nitrogens with two attached hydrogens (primary N) is 3. The Bertz CT molecular complexity index is 3180. The van der Waals surface area contributed by atoms with Crippen molar-refractivity contribution in [1.82, 2.24) is 47.9 Å². The van der Waals surface area contributed by atoms with Crippen molar-refractivity contribution in [3.63, 3.8) is 0 Å². The highest BCUT2D eigenvalue weighted by Crippen LogP contribution is 2.18. The molecule has 0 saturated carbocycles. The number of hydrogen-bond acceptors (Lipinski definition) is 17. The number of carbonyl (C=O) groups is 12. The molecule has 4 aromatic rings. The molecule has 93 heavy (non-hydrogen) atoms. The largest absolute Gasteiger partial charge is 0.508 e. The molecule has 4 rings (SSSR count). The summed E-state index contributed by atoms with van der Waals surface area (Å²) in [5.41, 5.74) is 19.2. The summed E-state index contributed by atoms with van der Waals surface area (Å²) < 4.78 is 0. The number of primary amides is 2. The van der Waals surface area contributed by atoms with Crippen LogP contribution in [0.25, 0.3) is 0 Å². The predicted molar refractivity (Wildman–Crippen MR) is 349 cm³/mol. The standard InChI is InChI=1S/C64H88N12O15S2/c1-8-36(6)54(76-56(83)43(65)28-37-13-10-9-11-14-37)64(91)74-50(33-52(80)81)62(89)70-46(27-34(2)3)58(85)72-49(32-51(66)79)61(88)71-47(29-38-16-20-40(77)21-17-38)59(86)68-44(24-26-92-7)57(84)75-53(35(4)5)63(90)73-48(30-39-18-22-41(78)23-19-39)60(87)69-45(55(67)82)31-42-15-12-25-93-42/h9-23,25,34-36,43-50,53-54,77-78H,8,24,26-33,65H2,1-7H3,(H2,66,79)(H2,67,82)(H,68,86)(H,69,87)(H,70,89)(H,71,88)(H,72,85)(H,73,90)(H,74,91)(H,75,84)(H,76,83)(H,80,81)/t36-,43-,44-,45-,46-,47-,48-,49-,50-,53-,54-/m0/s1. The summed E-state index contributed by atoms with van der Waals surface area (Å²) in [5.74, 6) is -13.3. The van der Waals surface area contributed by atoms with E-state index in [0.29, 0.717) is 17.5 Å². The summed E-state index contributed by atoms with van der Waals surface area (Å²) in [6, 6.07) is 9.30. The third kappa shape index (κ3) is 26.2. The predicted octanol–water partition coefficient (Wildman–Crippen LogP) is 0.457. The third-order valence-corrected chi connectivity index (χ3v) is 16.5. The van der Waals surface area contributed by atoms with Crippen molar-refractivity contribution in [2.45, 2.75) is 160 Å². The molecule has 29 heteroatoms. The van der Waals surface area contributed by atoms with E-state index in [1.807, 2.05) is 0 Å². The Labute approximate surface area is 548 Å². The quantitative estimate of drug-likeness (QED) is 0.0288. The second-order valence-electron chi connectivity index (χ2n) is 23.4. The van der Waals surface area contributed by atoms with Gasteiger partial charge < -0.3 is 80.4 Å². The number of hydrogen-bond donors (Lipinski definition) is 15. The van der Waals surface area contributed by atoms with Crippen LogP contribution in [0.5, 0.6) is 11.5 Å². The minimum absolute atomic E-state index is 0.0328. The molecule has 506 valence electrons. The molecule has 27 nitrogen and oxygen atoms in total. The Balaban J connectivity index is 1.59. The lowest BCUT2D eigenvalue weighted by molar-refractivity contribution is -0.142. The number of carbonyl (C=O) groups excluding carboxylic acids is 11. The van der Waals surface area contributed by atoms with Crippen molar-refractivity contribution < 1.29 is 72.9 Å². The van der Waals surface area contributed by atoms with Gasteiger partial charge in [-0.2, -0.15) is 11.8 Å². The first-order valence-corrected chi connectivity index (χ1v) is 32.6. The van der Waals surface area contributed by atoms with Gasteiger partial charge in [-0.1, -0.05) is 109 Å². The minimum atomic E-state index is -1.84. The minimum Gasteiger partial charge on any atom is -0.508 e. The fourth-order valence-electron chi connectivity index (χ4n) is 9.60. The molecule has 0 aliphatic heterocycles. The number of carboxylic acid groups (broad SMARTS) is 1. The number of rotatable bonds is 39. The van der Waals surface area contributed by atoms with Gasteiger partial charge in [-0.25, -0.2) is 0 Å². The van der Waals surface area contributed by atoms with Crippen LogP contribution in [0.15, 0.2) is 96.4 Å². The van der Waals surface area contributed by atoms with Gasteiger partial charge in [0.15, 0.2) is 0 Å². The first-order valence-electron chi connectivity index (χ1n) is 30.4. The number of aromatic hydroxyl groups is 2. The second kappa shape index (κ2) is 38.1. The Morgan fingerprint density at radius 1 is 0.484 bits per heavy atom. The summed E-state index contributed by atoms with van der Waals surface area (Å²) in [4.78, 5) is 166. The van der Waals surface area contributed by atoms with Gasteiger partial charge in [-0.05, 0) is 101 Å². The van der Waals surface area contributed by atoms with Crippen molar-refractivity contribution in [1.29, 1.82) is 0 Å². The molecule has 0 aliphatic carbocycles. The highest BCUT2D eigenvalue weighted by molar-refractivity contribution is 7.98. The van der Waals surface area contributed by atoms with Gasteiger partial charge in [0.25, 0.3) is 0 Å². The lowest BCUT2D eigenvalue weighted by Crippen LogP contribution is -2.62. The first kappa shape index (κ1) is 76.4. The SMILES string of the molecule is CC[C@H](C)[C@H](NC(=O)[C@@H](N)Cc1ccccc1)C(=O)N[C@@H](CC(=O)O)C(=O)N[C@@H](CC(C)C)C(=O)N[C@@H](CC(N)=O)C(=O)N[C@@H](Cc1ccc(O)cc1)C(=O)N[C@@H](CCSC)C(=O)N[C@H](C(=O)N[C@@H](Cc1ccc(O)cc1)C(=O)N[C@@H](Cc1cccs1)C(N)=O)C(C)C. The maximum Gasteiger partial charge on any atom is 0.305 e. The number of amides is 11. The molecule has 11 amide bonds. The van der Waals surface area contributed by atoms with E-state index in [1.54, 1.807) is 95.6 Å². The Kier molecular flexibility index (Phi) is 31.2. The van der Waals surface area contributed by atoms with Crippen LogP contribution in [0.4, 0.5) is 0 Å². The van der Waals surface area contributed by atoms with Gasteiger partial charge in [0.05, 0.1) is 18.9 Å². The average Bonchev–Trinajstić information content (AvgIpc) is 2.40. The molecule has 0 unspecified atom stereocenters. The number of thiophene rings is 1. The summed E-state index contributed by atoms with van der Waals surface area (Å²) in [6.45, 7) is 10.0. The second-order valence-corrected chi connectivity index (χ2v) is 25.5. The van der Waals surface area contributed by atoms with Crippen LogP contribution >= 0.6 is 23.1 Å². The summed E-state index contributed by atoms with van der Waals surface area (Å²) in [6.07, 6.45) is -0.167. The van der Waals surface area contributed by atoms with Crippen molar-refractivity contribution >= 4 is 94.0 Å². The third-order valence-electron chi connectivity index (χ3n) is 15.0. The van der Waals surface area contributed by atoms with E-state index in [1.165, 1.54) is 71.6 Å². The van der Waals surface area contributed by atoms with Crippen LogP contribution in [0.1, 0.15) is 95.2 Å². The van der Waals surface area contributed by atoms with Gasteiger partial charge >= 0.3 is 5.97 Å². The van der Waals surface area contributed by atoms with Crippen LogP contribution in [0.3, 0.4) is 0 Å². The number of phenolic OH excluding ortho intramolecular Hbond substituents is 2. The maximum absolute atomic E-state index is 14.7. The van der Waals surface area contributed by atoms with Crippen LogP contribution in [-0.2, 0) is 83.2 Å². The van der Waals surface area contributed by atoms with Crippen LogP contribution in [-0.4, -0.2) is 159 Å². The summed E-state index contributed by atoms with van der Waals surface area (Å²) in [5, 5.41) is 54.9. The smallest absolute Gasteiger partial charge is 0.305 e. The van der Waals surface area contributed by atoms with Crippen LogP contribution < -0.4 is 65.1 Å². The zero-order chi connectivity index (χ0) is 69.1. The van der Waals surface area contributed by atoms with E-state index >= 15 is 0 Å². The number of aliphatic carboxylic acids is 1. The molecule has 0 fully saturated rings. The zero-order valence-corrected chi connectivity index (χ0v) is 54.7. The van der Waals surface area contributed by atoms with Gasteiger partial charge in [0.1, 0.15) is 65.9 Å². The lowest BCUT2D eigenvalue weighted by atomic mass is 9.96. The van der Waals surface area contributed by atoms with Crippen LogP contribution in [0, 0.1) is 17.8 Å². The van der Waals surface area contributed by atoms with Crippen molar-refractivity contribution in [3.8, 4) is 11.5 Å². The molecule has 1 aromatic heterocycles.